The predicted molar refractivity (Wildman–Crippen MR) is 92.7 cm³/mol. The molecule has 3 rings (SSSR count). The van der Waals surface area contributed by atoms with E-state index in [0.717, 1.165) is 11.2 Å². The van der Waals surface area contributed by atoms with E-state index in [0.29, 0.717) is 24.6 Å². The molecule has 0 aliphatic carbocycles. The zero-order chi connectivity index (χ0) is 15.1. The first-order valence-electron chi connectivity index (χ1n) is 5.95. The summed E-state index contributed by atoms with van der Waals surface area (Å²) in [7, 11) is 1.55. The maximum Gasteiger partial charge on any atom is 0.182 e. The second-order valence-electron chi connectivity index (χ2n) is 4.37. The minimum atomic E-state index is -0.287. The van der Waals surface area contributed by atoms with Crippen molar-refractivity contribution in [1.82, 2.24) is 9.55 Å². The lowest BCUT2D eigenvalue weighted by Crippen LogP contribution is -1.95. The molecular weight excluding hydrogens is 426 g/mol. The van der Waals surface area contributed by atoms with Crippen LogP contribution < -0.4 is 4.74 Å². The quantitative estimate of drug-likeness (QED) is 0.450. The summed E-state index contributed by atoms with van der Waals surface area (Å²) in [4.78, 5) is 3.07. The molecule has 3 aromatic rings. The lowest BCUT2D eigenvalue weighted by molar-refractivity contribution is 0.415. The number of benzene rings is 2. The van der Waals surface area contributed by atoms with E-state index in [4.69, 9.17) is 28.6 Å². The maximum absolute atomic E-state index is 13.8. The molecule has 0 unspecified atom stereocenters. The van der Waals surface area contributed by atoms with Crippen LogP contribution in [0.3, 0.4) is 0 Å². The van der Waals surface area contributed by atoms with Gasteiger partial charge in [-0.05, 0) is 59.1 Å². The van der Waals surface area contributed by atoms with Crippen molar-refractivity contribution in [2.45, 2.75) is 0 Å². The number of ether oxygens (including phenoxy) is 1. The van der Waals surface area contributed by atoms with Crippen LogP contribution in [0, 0.1) is 14.2 Å². The molecule has 0 saturated heterocycles. The molecular formula is C14H9ClFIN2OS. The fraction of sp³-hybridized carbons (Fsp3) is 0.0714. The van der Waals surface area contributed by atoms with Crippen molar-refractivity contribution in [3.63, 3.8) is 0 Å². The number of aromatic amines is 1. The van der Waals surface area contributed by atoms with Crippen LogP contribution in [0.2, 0.25) is 5.02 Å². The van der Waals surface area contributed by atoms with Crippen LogP contribution in [0.15, 0.2) is 30.3 Å². The fourth-order valence-corrected chi connectivity index (χ4v) is 3.19. The third-order valence-corrected chi connectivity index (χ3v) is 4.52. The Hall–Kier alpha value is -1.12. The van der Waals surface area contributed by atoms with Crippen LogP contribution in [-0.4, -0.2) is 16.7 Å². The number of halogens is 3. The SMILES string of the molecule is COc1ccc(-n2c(=S)[nH]c3cc(I)c(F)cc32)cc1Cl. The van der Waals surface area contributed by atoms with Crippen LogP contribution in [0.25, 0.3) is 16.7 Å². The molecule has 0 amide bonds. The van der Waals surface area contributed by atoms with Gasteiger partial charge in [0.1, 0.15) is 11.6 Å². The van der Waals surface area contributed by atoms with Gasteiger partial charge in [0.15, 0.2) is 4.77 Å². The number of aromatic nitrogens is 2. The van der Waals surface area contributed by atoms with Gasteiger partial charge < -0.3 is 9.72 Å². The molecule has 0 radical (unpaired) electrons. The molecule has 0 bridgehead atoms. The first-order chi connectivity index (χ1) is 10.0. The molecule has 2 aromatic carbocycles. The average molecular weight is 435 g/mol. The van der Waals surface area contributed by atoms with Crippen molar-refractivity contribution in [1.29, 1.82) is 0 Å². The number of nitrogens with one attached hydrogen (secondary N) is 1. The summed E-state index contributed by atoms with van der Waals surface area (Å²) in [5.41, 5.74) is 2.19. The molecule has 0 spiro atoms. The normalized spacial score (nSPS) is 11.0. The molecule has 0 aliphatic heterocycles. The third-order valence-electron chi connectivity index (χ3n) is 3.12. The van der Waals surface area contributed by atoms with Gasteiger partial charge in [-0.25, -0.2) is 4.39 Å². The van der Waals surface area contributed by atoms with Gasteiger partial charge in [0.05, 0.1) is 32.4 Å². The van der Waals surface area contributed by atoms with E-state index < -0.39 is 0 Å². The Morgan fingerprint density at radius 2 is 2.10 bits per heavy atom. The molecule has 7 heteroatoms. The lowest BCUT2D eigenvalue weighted by Gasteiger charge is -2.08. The third kappa shape index (κ3) is 2.56. The smallest absolute Gasteiger partial charge is 0.182 e. The summed E-state index contributed by atoms with van der Waals surface area (Å²) in [5.74, 6) is 0.290. The first-order valence-corrected chi connectivity index (χ1v) is 7.81. The Morgan fingerprint density at radius 3 is 2.76 bits per heavy atom. The summed E-state index contributed by atoms with van der Waals surface area (Å²) in [5, 5.41) is 0.470. The van der Waals surface area contributed by atoms with Crippen LogP contribution in [-0.2, 0) is 0 Å². The molecule has 1 heterocycles. The summed E-state index contributed by atoms with van der Waals surface area (Å²) in [6.07, 6.45) is 0. The van der Waals surface area contributed by atoms with Gasteiger partial charge in [-0.3, -0.25) is 4.57 Å². The number of imidazole rings is 1. The van der Waals surface area contributed by atoms with Gasteiger partial charge in [-0.2, -0.15) is 0 Å². The molecule has 108 valence electrons. The largest absolute Gasteiger partial charge is 0.495 e. The highest BCUT2D eigenvalue weighted by Crippen LogP contribution is 2.29. The Balaban J connectivity index is 2.29. The van der Waals surface area contributed by atoms with Gasteiger partial charge in [-0.15, -0.1) is 0 Å². The van der Waals surface area contributed by atoms with E-state index in [1.54, 1.807) is 29.9 Å². The van der Waals surface area contributed by atoms with Crippen molar-refractivity contribution in [2.75, 3.05) is 7.11 Å². The van der Waals surface area contributed by atoms with E-state index in [1.807, 2.05) is 28.7 Å². The van der Waals surface area contributed by atoms with Crippen molar-refractivity contribution >= 4 is 57.4 Å². The predicted octanol–water partition coefficient (Wildman–Crippen LogP) is 5.09. The number of hydrogen-bond acceptors (Lipinski definition) is 2. The van der Waals surface area contributed by atoms with Gasteiger partial charge in [0.25, 0.3) is 0 Å². The highest BCUT2D eigenvalue weighted by Gasteiger charge is 2.11. The van der Waals surface area contributed by atoms with E-state index in [9.17, 15) is 4.39 Å². The van der Waals surface area contributed by atoms with Crippen molar-refractivity contribution in [3.8, 4) is 11.4 Å². The number of H-pyrrole nitrogens is 1. The van der Waals surface area contributed by atoms with Crippen LogP contribution in [0.4, 0.5) is 4.39 Å². The Morgan fingerprint density at radius 1 is 1.33 bits per heavy atom. The second kappa shape index (κ2) is 5.58. The van der Waals surface area contributed by atoms with Crippen LogP contribution >= 0.6 is 46.4 Å². The average Bonchev–Trinajstić information content (AvgIpc) is 2.74. The topological polar surface area (TPSA) is 29.9 Å². The second-order valence-corrected chi connectivity index (χ2v) is 6.32. The van der Waals surface area contributed by atoms with Crippen molar-refractivity contribution in [3.05, 3.63) is 49.5 Å². The number of fused-ring (bicyclic) bond motifs is 1. The van der Waals surface area contributed by atoms with Gasteiger partial charge in [0.2, 0.25) is 0 Å². The molecule has 1 aromatic heterocycles. The fourth-order valence-electron chi connectivity index (χ4n) is 2.15. The summed E-state index contributed by atoms with van der Waals surface area (Å²) < 4.78 is 21.7. The molecule has 0 aliphatic rings. The molecule has 1 N–H and O–H groups in total. The summed E-state index contributed by atoms with van der Waals surface area (Å²) in [6, 6.07) is 8.49. The van der Waals surface area contributed by atoms with Gasteiger partial charge in [-0.1, -0.05) is 11.6 Å². The van der Waals surface area contributed by atoms with Crippen molar-refractivity contribution in [2.24, 2.45) is 0 Å². The molecule has 0 atom stereocenters. The monoisotopic (exact) mass is 434 g/mol. The van der Waals surface area contributed by atoms with E-state index >= 15 is 0 Å². The Kier molecular flexibility index (Phi) is 3.94. The number of nitrogens with zero attached hydrogens (tertiary/aromatic N) is 1. The minimum absolute atomic E-state index is 0.287. The van der Waals surface area contributed by atoms with Gasteiger partial charge >= 0.3 is 0 Å². The number of hydrogen-bond donors (Lipinski definition) is 1. The zero-order valence-corrected chi connectivity index (χ0v) is 14.5. The number of rotatable bonds is 2. The number of methoxy groups -OCH3 is 1. The van der Waals surface area contributed by atoms with E-state index in [-0.39, 0.29) is 5.82 Å². The summed E-state index contributed by atoms with van der Waals surface area (Å²) in [6.45, 7) is 0. The minimum Gasteiger partial charge on any atom is -0.495 e. The van der Waals surface area contributed by atoms with Crippen LogP contribution in [0.1, 0.15) is 0 Å². The standard InChI is InChI=1S/C14H9ClFIN2OS/c1-20-13-3-2-7(4-8(13)15)19-12-5-9(16)10(17)6-11(12)18-14(19)21/h2-6H,1H3,(H,18,21). The van der Waals surface area contributed by atoms with E-state index in [2.05, 4.69) is 4.98 Å². The zero-order valence-electron chi connectivity index (χ0n) is 10.8. The first kappa shape index (κ1) is 14.8. The lowest BCUT2D eigenvalue weighted by atomic mass is 10.2. The summed E-state index contributed by atoms with van der Waals surface area (Å²) >= 11 is 13.4. The van der Waals surface area contributed by atoms with Crippen LogP contribution in [0.5, 0.6) is 5.75 Å². The Labute approximate surface area is 143 Å². The molecule has 3 nitrogen and oxygen atoms in total. The van der Waals surface area contributed by atoms with Gasteiger partial charge in [0, 0.05) is 6.07 Å². The highest BCUT2D eigenvalue weighted by atomic mass is 127. The molecule has 0 fully saturated rings. The maximum atomic E-state index is 13.8. The molecule has 0 saturated carbocycles. The highest BCUT2D eigenvalue weighted by molar-refractivity contribution is 14.1. The molecule has 21 heavy (non-hydrogen) atoms. The Bertz CT molecular complexity index is 906. The van der Waals surface area contributed by atoms with Crippen molar-refractivity contribution < 1.29 is 9.13 Å². The van der Waals surface area contributed by atoms with E-state index in [1.165, 1.54) is 6.07 Å².